The zero-order chi connectivity index (χ0) is 16.2. The van der Waals surface area contributed by atoms with Crippen molar-refractivity contribution in [2.24, 2.45) is 5.92 Å². The molecule has 0 amide bonds. The average molecular weight is 332 g/mol. The zero-order valence-electron chi connectivity index (χ0n) is 14.3. The van der Waals surface area contributed by atoms with E-state index in [9.17, 15) is 0 Å². The Bertz CT molecular complexity index is 523. The number of aromatic nitrogens is 2. The maximum atomic E-state index is 6.30. The second kappa shape index (κ2) is 7.33. The maximum absolute atomic E-state index is 6.30. The quantitative estimate of drug-likeness (QED) is 0.909. The molecule has 0 unspecified atom stereocenters. The second-order valence-corrected chi connectivity index (χ2v) is 7.51. The van der Waals surface area contributed by atoms with Crippen LogP contribution >= 0.6 is 0 Å². The Balaban J connectivity index is 1.31. The lowest BCUT2D eigenvalue weighted by atomic mass is 9.87. The lowest BCUT2D eigenvalue weighted by molar-refractivity contribution is -0.0580. The van der Waals surface area contributed by atoms with E-state index >= 15 is 0 Å². The minimum Gasteiger partial charge on any atom is -0.381 e. The summed E-state index contributed by atoms with van der Waals surface area (Å²) < 4.78 is 11.8. The van der Waals surface area contributed by atoms with Crippen molar-refractivity contribution in [2.75, 3.05) is 44.8 Å². The molecule has 1 N–H and O–H groups in total. The van der Waals surface area contributed by atoms with Gasteiger partial charge in [-0.25, -0.2) is 9.97 Å². The molecule has 24 heavy (non-hydrogen) atoms. The lowest BCUT2D eigenvalue weighted by Crippen LogP contribution is -2.49. The van der Waals surface area contributed by atoms with Gasteiger partial charge in [-0.15, -0.1) is 0 Å². The second-order valence-electron chi connectivity index (χ2n) is 7.51. The molecule has 0 bridgehead atoms. The molecule has 2 atom stereocenters. The minimum absolute atomic E-state index is 0.0237. The van der Waals surface area contributed by atoms with E-state index in [-0.39, 0.29) is 5.60 Å². The molecule has 3 fully saturated rings. The van der Waals surface area contributed by atoms with Gasteiger partial charge >= 0.3 is 0 Å². The van der Waals surface area contributed by atoms with Crippen LogP contribution in [0.4, 0.5) is 5.95 Å². The molecule has 0 aromatic carbocycles. The summed E-state index contributed by atoms with van der Waals surface area (Å²) in [4.78, 5) is 11.2. The molecule has 0 radical (unpaired) electrons. The SMILES string of the molecule is c1cnc(N[C@H]2CO[C@]3(CCCN(CC4CCOCC4)C3)C2)nc1. The van der Waals surface area contributed by atoms with Crippen LogP contribution in [0.2, 0.25) is 0 Å². The molecule has 4 heterocycles. The van der Waals surface area contributed by atoms with Gasteiger partial charge in [0.05, 0.1) is 18.2 Å². The van der Waals surface area contributed by atoms with E-state index in [1.807, 2.05) is 6.07 Å². The van der Waals surface area contributed by atoms with Gasteiger partial charge in [-0.2, -0.15) is 0 Å². The van der Waals surface area contributed by atoms with E-state index in [1.54, 1.807) is 12.4 Å². The van der Waals surface area contributed by atoms with Crippen molar-refractivity contribution >= 4 is 5.95 Å². The third-order valence-corrected chi connectivity index (χ3v) is 5.58. The molecular weight excluding hydrogens is 304 g/mol. The Kier molecular flexibility index (Phi) is 4.96. The van der Waals surface area contributed by atoms with Gasteiger partial charge in [-0.1, -0.05) is 0 Å². The first-order chi connectivity index (χ1) is 11.8. The van der Waals surface area contributed by atoms with Crippen molar-refractivity contribution in [2.45, 2.75) is 43.7 Å². The molecule has 1 aromatic rings. The summed E-state index contributed by atoms with van der Waals surface area (Å²) in [5.74, 6) is 1.50. The van der Waals surface area contributed by atoms with Crippen LogP contribution in [-0.2, 0) is 9.47 Å². The van der Waals surface area contributed by atoms with Crippen molar-refractivity contribution in [3.63, 3.8) is 0 Å². The highest BCUT2D eigenvalue weighted by atomic mass is 16.5. The van der Waals surface area contributed by atoms with Crippen LogP contribution in [0.25, 0.3) is 0 Å². The smallest absolute Gasteiger partial charge is 0.222 e. The van der Waals surface area contributed by atoms with Crippen LogP contribution in [0.1, 0.15) is 32.1 Å². The fraction of sp³-hybridized carbons (Fsp3) is 0.778. The van der Waals surface area contributed by atoms with Crippen LogP contribution < -0.4 is 5.32 Å². The van der Waals surface area contributed by atoms with E-state index in [1.165, 1.54) is 38.8 Å². The molecule has 4 rings (SSSR count). The Labute approximate surface area is 143 Å². The number of likely N-dealkylation sites (tertiary alicyclic amines) is 1. The standard InChI is InChI=1S/C18H28N4O2/c1-5-18(14-22(8-1)12-15-3-9-23-10-4-15)11-16(13-24-18)21-17-19-6-2-7-20-17/h2,6-7,15-16H,1,3-5,8-14H2,(H,19,20,21)/t16-,18-/m1/s1. The molecule has 1 aromatic heterocycles. The predicted octanol–water partition coefficient (Wildman–Crippen LogP) is 1.94. The third kappa shape index (κ3) is 3.87. The van der Waals surface area contributed by atoms with Crippen LogP contribution in [0.15, 0.2) is 18.5 Å². The molecular formula is C18H28N4O2. The first-order valence-electron chi connectivity index (χ1n) is 9.29. The van der Waals surface area contributed by atoms with Crippen molar-refractivity contribution in [1.82, 2.24) is 14.9 Å². The van der Waals surface area contributed by atoms with Crippen molar-refractivity contribution in [1.29, 1.82) is 0 Å². The number of piperidine rings is 1. The van der Waals surface area contributed by atoms with Gasteiger partial charge in [0.15, 0.2) is 0 Å². The molecule has 0 aliphatic carbocycles. The van der Waals surface area contributed by atoms with Crippen molar-refractivity contribution in [3.8, 4) is 0 Å². The summed E-state index contributed by atoms with van der Waals surface area (Å²) >= 11 is 0. The zero-order valence-corrected chi connectivity index (χ0v) is 14.3. The first kappa shape index (κ1) is 16.2. The van der Waals surface area contributed by atoms with Crippen LogP contribution in [-0.4, -0.2) is 66.0 Å². The van der Waals surface area contributed by atoms with E-state index < -0.39 is 0 Å². The number of nitrogens with one attached hydrogen (secondary N) is 1. The molecule has 3 saturated heterocycles. The number of hydrogen-bond acceptors (Lipinski definition) is 6. The summed E-state index contributed by atoms with van der Waals surface area (Å²) in [5, 5.41) is 3.43. The van der Waals surface area contributed by atoms with Gasteiger partial charge in [-0.3, -0.25) is 0 Å². The Morgan fingerprint density at radius 1 is 1.25 bits per heavy atom. The van der Waals surface area contributed by atoms with Crippen LogP contribution in [0, 0.1) is 5.92 Å². The molecule has 3 aliphatic rings. The third-order valence-electron chi connectivity index (χ3n) is 5.58. The number of nitrogens with zero attached hydrogens (tertiary/aromatic N) is 3. The monoisotopic (exact) mass is 332 g/mol. The van der Waals surface area contributed by atoms with E-state index in [0.717, 1.165) is 38.7 Å². The number of ether oxygens (including phenoxy) is 2. The molecule has 6 nitrogen and oxygen atoms in total. The van der Waals surface area contributed by atoms with Crippen molar-refractivity contribution < 1.29 is 9.47 Å². The normalized spacial score (nSPS) is 32.2. The largest absolute Gasteiger partial charge is 0.381 e. The summed E-state index contributed by atoms with van der Waals surface area (Å²) in [6.45, 7) is 6.10. The summed E-state index contributed by atoms with van der Waals surface area (Å²) in [6.07, 6.45) is 9.42. The maximum Gasteiger partial charge on any atom is 0.222 e. The Morgan fingerprint density at radius 3 is 2.92 bits per heavy atom. The van der Waals surface area contributed by atoms with E-state index in [0.29, 0.717) is 12.0 Å². The van der Waals surface area contributed by atoms with E-state index in [4.69, 9.17) is 9.47 Å². The van der Waals surface area contributed by atoms with Gasteiger partial charge in [0.2, 0.25) is 5.95 Å². The fourth-order valence-electron chi connectivity index (χ4n) is 4.42. The fourth-order valence-corrected chi connectivity index (χ4v) is 4.42. The van der Waals surface area contributed by atoms with Crippen LogP contribution in [0.5, 0.6) is 0 Å². The summed E-state index contributed by atoms with van der Waals surface area (Å²) in [7, 11) is 0. The number of rotatable bonds is 4. The predicted molar refractivity (Wildman–Crippen MR) is 92.0 cm³/mol. The Hall–Kier alpha value is -1.24. The molecule has 1 spiro atoms. The average Bonchev–Trinajstić information content (AvgIpc) is 2.98. The first-order valence-corrected chi connectivity index (χ1v) is 9.29. The van der Waals surface area contributed by atoms with Crippen LogP contribution in [0.3, 0.4) is 0 Å². The van der Waals surface area contributed by atoms with Crippen molar-refractivity contribution in [3.05, 3.63) is 18.5 Å². The molecule has 132 valence electrons. The highest BCUT2D eigenvalue weighted by Crippen LogP contribution is 2.36. The number of hydrogen-bond donors (Lipinski definition) is 1. The summed E-state index contributed by atoms with van der Waals surface area (Å²) in [6, 6.07) is 2.16. The molecule has 6 heteroatoms. The van der Waals surface area contributed by atoms with Gasteiger partial charge in [-0.05, 0) is 44.2 Å². The molecule has 0 saturated carbocycles. The van der Waals surface area contributed by atoms with Gasteiger partial charge in [0, 0.05) is 45.1 Å². The van der Waals surface area contributed by atoms with E-state index in [2.05, 4.69) is 20.2 Å². The highest BCUT2D eigenvalue weighted by molar-refractivity contribution is 5.25. The topological polar surface area (TPSA) is 59.5 Å². The highest BCUT2D eigenvalue weighted by Gasteiger charge is 2.43. The minimum atomic E-state index is 0.0237. The molecule has 3 aliphatic heterocycles. The summed E-state index contributed by atoms with van der Waals surface area (Å²) in [5.41, 5.74) is 0.0237. The number of anilines is 1. The van der Waals surface area contributed by atoms with Gasteiger partial charge in [0.25, 0.3) is 0 Å². The van der Waals surface area contributed by atoms with Gasteiger partial charge in [0.1, 0.15) is 0 Å². The lowest BCUT2D eigenvalue weighted by Gasteiger charge is -2.41. The Morgan fingerprint density at radius 2 is 2.08 bits per heavy atom. The van der Waals surface area contributed by atoms with Gasteiger partial charge < -0.3 is 19.7 Å².